The summed E-state index contributed by atoms with van der Waals surface area (Å²) in [6, 6.07) is 5.14. The summed E-state index contributed by atoms with van der Waals surface area (Å²) < 4.78 is 5.46. The number of anilines is 1. The molecule has 1 aromatic rings. The van der Waals surface area contributed by atoms with Crippen molar-refractivity contribution in [3.05, 3.63) is 28.3 Å². The van der Waals surface area contributed by atoms with E-state index in [1.807, 2.05) is 6.92 Å². The Hall–Kier alpha value is -1.43. The van der Waals surface area contributed by atoms with Crippen molar-refractivity contribution in [2.75, 3.05) is 24.7 Å². The van der Waals surface area contributed by atoms with Gasteiger partial charge in [0.2, 0.25) is 0 Å². The van der Waals surface area contributed by atoms with Gasteiger partial charge in [0.15, 0.2) is 5.75 Å². The SMILES string of the molecule is CCOc1cccc(NCC(CC)(CC)SC)c1[N+](=O)[O-]. The average molecular weight is 312 g/mol. The zero-order valence-electron chi connectivity index (χ0n) is 13.1. The first-order valence-electron chi connectivity index (χ1n) is 7.22. The highest BCUT2D eigenvalue weighted by atomic mass is 32.2. The highest BCUT2D eigenvalue weighted by Crippen LogP contribution is 2.37. The average Bonchev–Trinajstić information content (AvgIpc) is 2.49. The molecule has 21 heavy (non-hydrogen) atoms. The van der Waals surface area contributed by atoms with Crippen molar-refractivity contribution in [3.8, 4) is 5.75 Å². The van der Waals surface area contributed by atoms with Gasteiger partial charge in [0.25, 0.3) is 0 Å². The van der Waals surface area contributed by atoms with Gasteiger partial charge in [0.1, 0.15) is 5.69 Å². The van der Waals surface area contributed by atoms with Gasteiger partial charge in [-0.3, -0.25) is 10.1 Å². The Bertz CT molecular complexity index is 468. The molecule has 0 aliphatic heterocycles. The number of thioether (sulfide) groups is 1. The van der Waals surface area contributed by atoms with Gasteiger partial charge in [0, 0.05) is 11.3 Å². The number of hydrogen-bond donors (Lipinski definition) is 1. The summed E-state index contributed by atoms with van der Waals surface area (Å²) in [5.41, 5.74) is 0.535. The van der Waals surface area contributed by atoms with Crippen LogP contribution in [0.3, 0.4) is 0 Å². The molecule has 0 aliphatic carbocycles. The Morgan fingerprint density at radius 3 is 2.48 bits per heavy atom. The molecule has 0 fully saturated rings. The molecular weight excluding hydrogens is 288 g/mol. The molecule has 0 aromatic heterocycles. The molecule has 0 radical (unpaired) electrons. The van der Waals surface area contributed by atoms with Gasteiger partial charge in [-0.25, -0.2) is 0 Å². The van der Waals surface area contributed by atoms with Gasteiger partial charge in [-0.2, -0.15) is 11.8 Å². The van der Waals surface area contributed by atoms with E-state index >= 15 is 0 Å². The summed E-state index contributed by atoms with van der Waals surface area (Å²) in [4.78, 5) is 10.9. The van der Waals surface area contributed by atoms with Crippen molar-refractivity contribution >= 4 is 23.1 Å². The molecule has 118 valence electrons. The summed E-state index contributed by atoms with van der Waals surface area (Å²) >= 11 is 1.80. The zero-order chi connectivity index (χ0) is 15.9. The molecule has 1 aromatic carbocycles. The summed E-state index contributed by atoms with van der Waals surface area (Å²) in [5, 5.41) is 14.6. The second-order valence-electron chi connectivity index (χ2n) is 4.79. The van der Waals surface area contributed by atoms with Gasteiger partial charge in [-0.15, -0.1) is 0 Å². The number of nitrogens with one attached hydrogen (secondary N) is 1. The molecule has 0 heterocycles. The lowest BCUT2D eigenvalue weighted by Gasteiger charge is -2.30. The van der Waals surface area contributed by atoms with Gasteiger partial charge >= 0.3 is 5.69 Å². The van der Waals surface area contributed by atoms with Gasteiger partial charge < -0.3 is 10.1 Å². The highest BCUT2D eigenvalue weighted by molar-refractivity contribution is 8.00. The fourth-order valence-electron chi connectivity index (χ4n) is 2.24. The molecule has 0 amide bonds. The fraction of sp³-hybridized carbons (Fsp3) is 0.600. The van der Waals surface area contributed by atoms with E-state index in [0.29, 0.717) is 24.6 Å². The van der Waals surface area contributed by atoms with E-state index in [2.05, 4.69) is 25.4 Å². The minimum Gasteiger partial charge on any atom is -0.487 e. The van der Waals surface area contributed by atoms with Crippen LogP contribution in [0.25, 0.3) is 0 Å². The van der Waals surface area contributed by atoms with Gasteiger partial charge in [0.05, 0.1) is 11.5 Å². The van der Waals surface area contributed by atoms with Crippen LogP contribution in [0.1, 0.15) is 33.6 Å². The van der Waals surface area contributed by atoms with E-state index in [9.17, 15) is 10.1 Å². The second kappa shape index (κ2) is 8.12. The van der Waals surface area contributed by atoms with E-state index in [4.69, 9.17) is 4.74 Å². The van der Waals surface area contributed by atoms with Crippen molar-refractivity contribution in [1.29, 1.82) is 0 Å². The van der Waals surface area contributed by atoms with Crippen molar-refractivity contribution in [2.24, 2.45) is 0 Å². The van der Waals surface area contributed by atoms with Crippen LogP contribution in [0.15, 0.2) is 18.2 Å². The number of nitro benzene ring substituents is 1. The molecule has 0 saturated carbocycles. The van der Waals surface area contributed by atoms with Crippen LogP contribution in [0, 0.1) is 10.1 Å². The Morgan fingerprint density at radius 1 is 1.33 bits per heavy atom. The van der Waals surface area contributed by atoms with Crippen LogP contribution >= 0.6 is 11.8 Å². The van der Waals surface area contributed by atoms with Crippen LogP contribution in [0.5, 0.6) is 5.75 Å². The quantitative estimate of drug-likeness (QED) is 0.543. The highest BCUT2D eigenvalue weighted by Gasteiger charge is 2.27. The van der Waals surface area contributed by atoms with Crippen LogP contribution in [-0.4, -0.2) is 29.1 Å². The molecule has 0 bridgehead atoms. The molecule has 0 aliphatic rings. The minimum absolute atomic E-state index is 0.0153. The molecule has 5 nitrogen and oxygen atoms in total. The van der Waals surface area contributed by atoms with Crippen LogP contribution < -0.4 is 10.1 Å². The van der Waals surface area contributed by atoms with Crippen molar-refractivity contribution in [3.63, 3.8) is 0 Å². The number of nitro groups is 1. The standard InChI is InChI=1S/C15H24N2O3S/c1-5-15(6-2,21-4)11-16-12-9-8-10-13(20-7-3)14(12)17(18)19/h8-10,16H,5-7,11H2,1-4H3. The van der Waals surface area contributed by atoms with E-state index < -0.39 is 0 Å². The number of benzene rings is 1. The minimum atomic E-state index is -0.383. The van der Waals surface area contributed by atoms with E-state index in [1.165, 1.54) is 0 Å². The maximum atomic E-state index is 11.3. The Kier molecular flexibility index (Phi) is 6.81. The third-order valence-corrected chi connectivity index (χ3v) is 5.39. The monoisotopic (exact) mass is 312 g/mol. The summed E-state index contributed by atoms with van der Waals surface area (Å²) in [6.07, 6.45) is 4.10. The Balaban J connectivity index is 3.02. The lowest BCUT2D eigenvalue weighted by atomic mass is 10.0. The van der Waals surface area contributed by atoms with Gasteiger partial charge in [-0.05, 0) is 38.2 Å². The molecular formula is C15H24N2O3S. The number of rotatable bonds is 9. The topological polar surface area (TPSA) is 64.4 Å². The molecule has 0 spiro atoms. The molecule has 1 N–H and O–H groups in total. The van der Waals surface area contributed by atoms with Crippen LogP contribution in [0.4, 0.5) is 11.4 Å². The van der Waals surface area contributed by atoms with E-state index in [0.717, 1.165) is 12.8 Å². The summed E-state index contributed by atoms with van der Waals surface area (Å²) in [5.74, 6) is 0.315. The van der Waals surface area contributed by atoms with Gasteiger partial charge in [-0.1, -0.05) is 19.9 Å². The largest absolute Gasteiger partial charge is 0.487 e. The predicted molar refractivity (Wildman–Crippen MR) is 89.6 cm³/mol. The molecule has 0 atom stereocenters. The number of nitrogens with zero attached hydrogens (tertiary/aromatic N) is 1. The van der Waals surface area contributed by atoms with Crippen molar-refractivity contribution in [2.45, 2.75) is 38.4 Å². The smallest absolute Gasteiger partial charge is 0.333 e. The van der Waals surface area contributed by atoms with Crippen molar-refractivity contribution < 1.29 is 9.66 Å². The van der Waals surface area contributed by atoms with Crippen molar-refractivity contribution in [1.82, 2.24) is 0 Å². The van der Waals surface area contributed by atoms with Crippen LogP contribution in [-0.2, 0) is 0 Å². The fourth-order valence-corrected chi connectivity index (χ4v) is 3.04. The lowest BCUT2D eigenvalue weighted by Crippen LogP contribution is -2.32. The lowest BCUT2D eigenvalue weighted by molar-refractivity contribution is -0.384. The van der Waals surface area contributed by atoms with E-state index in [-0.39, 0.29) is 15.4 Å². The number of ether oxygens (including phenoxy) is 1. The zero-order valence-corrected chi connectivity index (χ0v) is 14.0. The molecule has 0 saturated heterocycles. The maximum absolute atomic E-state index is 11.3. The first-order chi connectivity index (χ1) is 10.0. The number of hydrogen-bond acceptors (Lipinski definition) is 5. The predicted octanol–water partition coefficient (Wildman–Crippen LogP) is 4.33. The summed E-state index contributed by atoms with van der Waals surface area (Å²) in [6.45, 7) is 7.21. The normalized spacial score (nSPS) is 11.2. The maximum Gasteiger partial charge on any atom is 0.333 e. The molecule has 0 unspecified atom stereocenters. The van der Waals surface area contributed by atoms with E-state index in [1.54, 1.807) is 30.0 Å². The first-order valence-corrected chi connectivity index (χ1v) is 8.45. The second-order valence-corrected chi connectivity index (χ2v) is 6.06. The first kappa shape index (κ1) is 17.6. The molecule has 6 heteroatoms. The Morgan fingerprint density at radius 2 is 2.00 bits per heavy atom. The Labute approximate surface area is 130 Å². The molecule has 1 rings (SSSR count). The van der Waals surface area contributed by atoms with Crippen LogP contribution in [0.2, 0.25) is 0 Å². The summed E-state index contributed by atoms with van der Waals surface area (Å²) in [7, 11) is 0. The third kappa shape index (κ3) is 4.27. The third-order valence-electron chi connectivity index (χ3n) is 3.80. The number of para-hydroxylation sites is 1.